The molecule has 0 radical (unpaired) electrons. The Kier molecular flexibility index (Phi) is 18.1. The van der Waals surface area contributed by atoms with Crippen LogP contribution in [0.3, 0.4) is 0 Å². The summed E-state index contributed by atoms with van der Waals surface area (Å²) in [6.07, 6.45) is 23.9. The van der Waals surface area contributed by atoms with Crippen molar-refractivity contribution < 1.29 is 46.2 Å². The van der Waals surface area contributed by atoms with Crippen LogP contribution in [0.1, 0.15) is 65.2 Å². The first kappa shape index (κ1) is 42.4. The number of unbranched alkanes of at least 4 members (excludes halogenated alkanes) is 6. The van der Waals surface area contributed by atoms with E-state index < -0.39 is 0 Å². The Morgan fingerprint density at radius 2 is 0.691 bits per heavy atom. The second kappa shape index (κ2) is 23.4. The summed E-state index contributed by atoms with van der Waals surface area (Å²) in [6.45, 7) is 5.95. The molecule has 0 spiro atoms. The van der Waals surface area contributed by atoms with E-state index in [0.29, 0.717) is 22.6 Å². The first-order valence-electron chi connectivity index (χ1n) is 19.1. The molecular formula is C48H50FeO6. The number of rotatable bonds is 18. The van der Waals surface area contributed by atoms with Gasteiger partial charge in [-0.25, -0.2) is 0 Å². The Labute approximate surface area is 337 Å². The molecule has 6 rings (SSSR count). The van der Waals surface area contributed by atoms with E-state index in [1.165, 1.54) is 38.5 Å². The monoisotopic (exact) mass is 778 g/mol. The molecule has 0 amide bonds. The van der Waals surface area contributed by atoms with Gasteiger partial charge in [-0.3, -0.25) is 0 Å². The molecule has 0 unspecified atom stereocenters. The molecule has 2 aliphatic carbocycles. The number of hydrogen-bond donors (Lipinski definition) is 0. The molecule has 0 bridgehead atoms. The third-order valence-corrected chi connectivity index (χ3v) is 8.84. The van der Waals surface area contributed by atoms with Gasteiger partial charge in [0.1, 0.15) is 11.5 Å². The van der Waals surface area contributed by atoms with Gasteiger partial charge >= 0.3 is 17.1 Å². The van der Waals surface area contributed by atoms with E-state index in [4.69, 9.17) is 18.9 Å². The summed E-state index contributed by atoms with van der Waals surface area (Å²) in [7, 11) is 0. The molecule has 0 saturated carbocycles. The summed E-state index contributed by atoms with van der Waals surface area (Å²) < 4.78 is 22.3. The summed E-state index contributed by atoms with van der Waals surface area (Å²) in [5.41, 5.74) is 5.45. The fourth-order valence-electron chi connectivity index (χ4n) is 5.71. The Hall–Kier alpha value is -5.36. The van der Waals surface area contributed by atoms with Gasteiger partial charge in [0, 0.05) is 11.5 Å². The predicted octanol–water partition coefficient (Wildman–Crippen LogP) is 10.8. The van der Waals surface area contributed by atoms with Gasteiger partial charge in [0.25, 0.3) is 0 Å². The van der Waals surface area contributed by atoms with Crippen LogP contribution in [0.25, 0.3) is 22.3 Å². The van der Waals surface area contributed by atoms with Crippen molar-refractivity contribution in [2.75, 3.05) is 13.2 Å². The Balaban J connectivity index is 0.000000240. The average molecular weight is 779 g/mol. The van der Waals surface area contributed by atoms with Crippen LogP contribution in [0.2, 0.25) is 0 Å². The van der Waals surface area contributed by atoms with Gasteiger partial charge in [0.2, 0.25) is 0 Å². The van der Waals surface area contributed by atoms with E-state index in [1.807, 2.05) is 121 Å². The molecule has 0 fully saturated rings. The van der Waals surface area contributed by atoms with Crippen LogP contribution in [-0.2, 0) is 17.1 Å². The van der Waals surface area contributed by atoms with Gasteiger partial charge in [-0.15, -0.1) is 0 Å². The number of ether oxygens (including phenoxy) is 4. The van der Waals surface area contributed by atoms with Crippen molar-refractivity contribution in [2.45, 2.75) is 65.2 Å². The molecular weight excluding hydrogens is 728 g/mol. The maximum atomic E-state index is 12.0. The van der Waals surface area contributed by atoms with E-state index in [-0.39, 0.29) is 29.0 Å². The molecule has 2 aliphatic rings. The molecule has 4 aromatic rings. The van der Waals surface area contributed by atoms with Gasteiger partial charge in [-0.1, -0.05) is 150 Å². The van der Waals surface area contributed by atoms with Crippen LogP contribution in [0, 0.1) is 0 Å². The van der Waals surface area contributed by atoms with Gasteiger partial charge in [0.15, 0.2) is 0 Å². The first-order chi connectivity index (χ1) is 26.5. The molecule has 0 atom stereocenters. The minimum absolute atomic E-state index is 0. The van der Waals surface area contributed by atoms with Crippen LogP contribution in [0.4, 0.5) is 0 Å². The Morgan fingerprint density at radius 1 is 0.400 bits per heavy atom. The largest absolute Gasteiger partial charge is 2.00 e. The van der Waals surface area contributed by atoms with Crippen molar-refractivity contribution >= 4 is 0 Å². The van der Waals surface area contributed by atoms with Crippen molar-refractivity contribution in [2.24, 2.45) is 0 Å². The Bertz CT molecular complexity index is 1750. The first-order valence-corrected chi connectivity index (χ1v) is 19.1. The van der Waals surface area contributed by atoms with E-state index >= 15 is 0 Å². The molecule has 0 N–H and O–H groups in total. The maximum Gasteiger partial charge on any atom is 2.00 e. The normalized spacial score (nSPS) is 12.2. The summed E-state index contributed by atoms with van der Waals surface area (Å²) in [4.78, 5) is 0. The fourth-order valence-corrected chi connectivity index (χ4v) is 5.71. The zero-order chi connectivity index (χ0) is 37.8. The maximum absolute atomic E-state index is 12.0. The molecule has 286 valence electrons. The van der Waals surface area contributed by atoms with Crippen molar-refractivity contribution in [3.05, 3.63) is 169 Å². The minimum atomic E-state index is -0.340. The second-order valence-corrected chi connectivity index (χ2v) is 13.0. The van der Waals surface area contributed by atoms with E-state index in [9.17, 15) is 10.2 Å². The van der Waals surface area contributed by atoms with Crippen molar-refractivity contribution in [3.8, 4) is 45.3 Å². The summed E-state index contributed by atoms with van der Waals surface area (Å²) >= 11 is 0. The number of benzene rings is 4. The fraction of sp³-hybridized carbons (Fsp3) is 0.250. The summed E-state index contributed by atoms with van der Waals surface area (Å²) in [5.74, 6) is 2.20. The molecule has 55 heavy (non-hydrogen) atoms. The molecule has 0 aromatic heterocycles. The van der Waals surface area contributed by atoms with Crippen LogP contribution < -0.4 is 29.2 Å². The number of allylic oxidation sites excluding steroid dienone is 10. The number of hydrogen-bond acceptors (Lipinski definition) is 6. The van der Waals surface area contributed by atoms with Gasteiger partial charge < -0.3 is 29.2 Å². The van der Waals surface area contributed by atoms with Crippen LogP contribution >= 0.6 is 0 Å². The average Bonchev–Trinajstić information content (AvgIpc) is 3.96. The standard InChI is InChI=1S/2C24H26O3.Fe/c2*1-2-3-4-7-18-26-22-14-10-19(11-15-22)20-12-16-23(17-13-20)27-24(25)21-8-5-6-9-21;/h2*5-6,8-17,25H,2-4,7,18H2,1H3;/q;;+2/p-2. The van der Waals surface area contributed by atoms with Crippen molar-refractivity contribution in [1.82, 2.24) is 0 Å². The van der Waals surface area contributed by atoms with Gasteiger partial charge in [-0.05, 0) is 94.8 Å². The van der Waals surface area contributed by atoms with Crippen molar-refractivity contribution in [3.63, 3.8) is 0 Å². The van der Waals surface area contributed by atoms with Crippen molar-refractivity contribution in [1.29, 1.82) is 0 Å². The molecule has 6 nitrogen and oxygen atoms in total. The third kappa shape index (κ3) is 14.1. The van der Waals surface area contributed by atoms with E-state index in [0.717, 1.165) is 59.8 Å². The second-order valence-electron chi connectivity index (χ2n) is 13.0. The van der Waals surface area contributed by atoms with E-state index in [1.54, 1.807) is 24.3 Å². The molecule has 4 aromatic carbocycles. The molecule has 0 aliphatic heterocycles. The zero-order valence-corrected chi connectivity index (χ0v) is 32.8. The Morgan fingerprint density at radius 3 is 0.982 bits per heavy atom. The molecule has 0 heterocycles. The topological polar surface area (TPSA) is 83.0 Å². The quantitative estimate of drug-likeness (QED) is 0.0568. The summed E-state index contributed by atoms with van der Waals surface area (Å²) in [5, 5.41) is 24.0. The zero-order valence-electron chi connectivity index (χ0n) is 31.7. The SMILES string of the molecule is CCCCCCOc1ccc(-c2ccc(OC([O-])=C3C=CC=C3)cc2)cc1.CCCCCCOc1ccc(-c2ccc(OC([O-])=C3C=CC=C3)cc2)cc1.[Fe+2]. The summed E-state index contributed by atoms with van der Waals surface area (Å²) in [6, 6.07) is 31.3. The molecule has 0 saturated heterocycles. The molecule has 7 heteroatoms. The van der Waals surface area contributed by atoms with Gasteiger partial charge in [-0.2, -0.15) is 0 Å². The minimum Gasteiger partial charge on any atom is -0.579 e. The van der Waals surface area contributed by atoms with Crippen LogP contribution in [0.5, 0.6) is 23.0 Å². The van der Waals surface area contributed by atoms with Crippen LogP contribution in [-0.4, -0.2) is 13.2 Å². The van der Waals surface area contributed by atoms with E-state index in [2.05, 4.69) is 13.8 Å². The van der Waals surface area contributed by atoms with Gasteiger partial charge in [0.05, 0.1) is 25.1 Å². The smallest absolute Gasteiger partial charge is 0.579 e. The third-order valence-electron chi connectivity index (χ3n) is 8.84. The predicted molar refractivity (Wildman–Crippen MR) is 215 cm³/mol. The van der Waals surface area contributed by atoms with Crippen LogP contribution in [0.15, 0.2) is 169 Å².